The number of carbonyl (C=O) groups excluding carboxylic acids is 2. The number of para-hydroxylation sites is 1. The Balaban J connectivity index is 1.65. The summed E-state index contributed by atoms with van der Waals surface area (Å²) in [5.41, 5.74) is 0.589. The Labute approximate surface area is 209 Å². The number of carbonyl (C=O) groups is 2. The molecule has 0 heterocycles. The van der Waals surface area contributed by atoms with Crippen LogP contribution in [-0.2, 0) is 9.59 Å². The zero-order valence-corrected chi connectivity index (χ0v) is 19.3. The molecule has 0 radical (unpaired) electrons. The quantitative estimate of drug-likeness (QED) is 0.178. The molecule has 0 atom stereocenters. The van der Waals surface area contributed by atoms with Crippen LogP contribution in [0.5, 0.6) is 5.75 Å². The average molecular weight is 511 g/mol. The fourth-order valence-corrected chi connectivity index (χ4v) is 3.25. The minimum absolute atomic E-state index is 0.153. The Morgan fingerprint density at radius 1 is 1.03 bits per heavy atom. The molecule has 0 saturated heterocycles. The highest BCUT2D eigenvalue weighted by atomic mass is 35.5. The summed E-state index contributed by atoms with van der Waals surface area (Å²) in [6.07, 6.45) is 1.30. The van der Waals surface area contributed by atoms with Crippen molar-refractivity contribution >= 4 is 58.2 Å². The third-order valence-corrected chi connectivity index (χ3v) is 5.08. The van der Waals surface area contributed by atoms with Crippen molar-refractivity contribution in [3.63, 3.8) is 0 Å². The van der Waals surface area contributed by atoms with Crippen LogP contribution >= 0.6 is 23.2 Å². The first-order chi connectivity index (χ1) is 16.8. The molecule has 3 aromatic carbocycles. The van der Waals surface area contributed by atoms with Crippen LogP contribution in [0.2, 0.25) is 10.0 Å². The third-order valence-electron chi connectivity index (χ3n) is 4.45. The predicted molar refractivity (Wildman–Crippen MR) is 132 cm³/mol. The first-order valence-electron chi connectivity index (χ1n) is 9.91. The van der Waals surface area contributed by atoms with Gasteiger partial charge in [-0.3, -0.25) is 19.7 Å². The fourth-order valence-electron chi connectivity index (χ4n) is 2.83. The maximum absolute atomic E-state index is 12.4. The van der Waals surface area contributed by atoms with Gasteiger partial charge in [0.1, 0.15) is 17.4 Å². The average Bonchev–Trinajstić information content (AvgIpc) is 2.83. The van der Waals surface area contributed by atoms with E-state index in [1.807, 2.05) is 0 Å². The summed E-state index contributed by atoms with van der Waals surface area (Å²) in [5.74, 6) is -0.971. The number of nitriles is 1. The van der Waals surface area contributed by atoms with Gasteiger partial charge in [-0.2, -0.15) is 5.26 Å². The minimum atomic E-state index is -0.749. The second-order valence-electron chi connectivity index (χ2n) is 6.94. The van der Waals surface area contributed by atoms with Crippen molar-refractivity contribution in [1.29, 1.82) is 5.26 Å². The van der Waals surface area contributed by atoms with E-state index in [1.54, 1.807) is 36.4 Å². The normalized spacial score (nSPS) is 10.7. The van der Waals surface area contributed by atoms with Crippen molar-refractivity contribution in [2.45, 2.75) is 0 Å². The number of hydrogen-bond acceptors (Lipinski definition) is 6. The molecule has 0 unspecified atom stereocenters. The largest absolute Gasteiger partial charge is 0.482 e. The number of nitro benzene ring substituents is 1. The van der Waals surface area contributed by atoms with Gasteiger partial charge >= 0.3 is 0 Å². The Hall–Kier alpha value is -4.39. The van der Waals surface area contributed by atoms with Gasteiger partial charge in [0.2, 0.25) is 0 Å². The zero-order valence-electron chi connectivity index (χ0n) is 17.8. The second kappa shape index (κ2) is 11.7. The summed E-state index contributed by atoms with van der Waals surface area (Å²) in [7, 11) is 0. The van der Waals surface area contributed by atoms with Gasteiger partial charge in [-0.05, 0) is 42.0 Å². The van der Waals surface area contributed by atoms with Crippen molar-refractivity contribution < 1.29 is 19.2 Å². The molecule has 0 saturated carbocycles. The standard InChI is InChI=1S/C24H16Cl2N4O5/c25-19-6-1-2-7-21(19)29-23(31)14-35-22-9-8-15(11-20(22)26)10-16(13-27)24(32)28-17-4-3-5-18(12-17)30(33)34/h1-12H,14H2,(H,28,32)(H,29,31)/b16-10-. The Bertz CT molecular complexity index is 1370. The molecule has 0 aromatic heterocycles. The second-order valence-corrected chi connectivity index (χ2v) is 7.75. The molecule has 2 amide bonds. The molecule has 3 aromatic rings. The number of benzene rings is 3. The van der Waals surface area contributed by atoms with Crippen LogP contribution in [-0.4, -0.2) is 23.3 Å². The number of anilines is 2. The number of non-ortho nitro benzene ring substituents is 1. The summed E-state index contributed by atoms with van der Waals surface area (Å²) < 4.78 is 5.45. The molecule has 2 N–H and O–H groups in total. The molecule has 0 bridgehead atoms. The number of halogens is 2. The number of hydrogen-bond donors (Lipinski definition) is 2. The van der Waals surface area contributed by atoms with Gasteiger partial charge in [-0.15, -0.1) is 0 Å². The molecule has 9 nitrogen and oxygen atoms in total. The highest BCUT2D eigenvalue weighted by Gasteiger charge is 2.13. The van der Waals surface area contributed by atoms with E-state index in [0.717, 1.165) is 0 Å². The van der Waals surface area contributed by atoms with Crippen LogP contribution in [0.25, 0.3) is 6.08 Å². The lowest BCUT2D eigenvalue weighted by molar-refractivity contribution is -0.384. The topological polar surface area (TPSA) is 134 Å². The predicted octanol–water partition coefficient (Wildman–Crippen LogP) is 5.46. The number of nitro groups is 1. The van der Waals surface area contributed by atoms with Gasteiger partial charge in [0.25, 0.3) is 17.5 Å². The van der Waals surface area contributed by atoms with Crippen molar-refractivity contribution in [3.8, 4) is 11.8 Å². The maximum Gasteiger partial charge on any atom is 0.271 e. The van der Waals surface area contributed by atoms with E-state index in [2.05, 4.69) is 10.6 Å². The number of nitrogens with zero attached hydrogens (tertiary/aromatic N) is 2. The van der Waals surface area contributed by atoms with Crippen LogP contribution in [0.3, 0.4) is 0 Å². The van der Waals surface area contributed by atoms with Gasteiger partial charge < -0.3 is 15.4 Å². The lowest BCUT2D eigenvalue weighted by atomic mass is 10.1. The van der Waals surface area contributed by atoms with Crippen molar-refractivity contribution in [1.82, 2.24) is 0 Å². The summed E-state index contributed by atoms with van der Waals surface area (Å²) in [5, 5.41) is 25.9. The van der Waals surface area contributed by atoms with Crippen LogP contribution in [0.1, 0.15) is 5.56 Å². The van der Waals surface area contributed by atoms with E-state index in [-0.39, 0.29) is 34.3 Å². The van der Waals surface area contributed by atoms with E-state index >= 15 is 0 Å². The summed E-state index contributed by atoms with van der Waals surface area (Å²) in [6.45, 7) is -0.324. The van der Waals surface area contributed by atoms with E-state index in [0.29, 0.717) is 16.3 Å². The van der Waals surface area contributed by atoms with Crippen molar-refractivity contribution in [3.05, 3.63) is 98.0 Å². The van der Waals surface area contributed by atoms with Crippen molar-refractivity contribution in [2.24, 2.45) is 0 Å². The summed E-state index contributed by atoms with van der Waals surface area (Å²) in [4.78, 5) is 34.9. The number of amides is 2. The fraction of sp³-hybridized carbons (Fsp3) is 0.0417. The van der Waals surface area contributed by atoms with Crippen LogP contribution in [0, 0.1) is 21.4 Å². The molecule has 0 aliphatic carbocycles. The van der Waals surface area contributed by atoms with Gasteiger partial charge in [0.15, 0.2) is 6.61 Å². The smallest absolute Gasteiger partial charge is 0.271 e. The van der Waals surface area contributed by atoms with E-state index in [4.69, 9.17) is 27.9 Å². The molecular weight excluding hydrogens is 495 g/mol. The first kappa shape index (κ1) is 25.2. The monoisotopic (exact) mass is 510 g/mol. The van der Waals surface area contributed by atoms with Crippen LogP contribution in [0.15, 0.2) is 72.3 Å². The zero-order chi connectivity index (χ0) is 25.4. The molecule has 3 rings (SSSR count). The highest BCUT2D eigenvalue weighted by Crippen LogP contribution is 2.27. The maximum atomic E-state index is 12.4. The van der Waals surface area contributed by atoms with E-state index in [1.165, 1.54) is 42.5 Å². The number of ether oxygens (including phenoxy) is 1. The van der Waals surface area contributed by atoms with Gasteiger partial charge in [0.05, 0.1) is 20.7 Å². The summed E-state index contributed by atoms with van der Waals surface area (Å²) in [6, 6.07) is 18.4. The molecule has 0 fully saturated rings. The number of rotatable bonds is 8. The van der Waals surface area contributed by atoms with Crippen LogP contribution < -0.4 is 15.4 Å². The molecule has 0 aliphatic heterocycles. The minimum Gasteiger partial charge on any atom is -0.482 e. The molecule has 0 spiro atoms. The lowest BCUT2D eigenvalue weighted by Gasteiger charge is -2.10. The van der Waals surface area contributed by atoms with Gasteiger partial charge in [-0.25, -0.2) is 0 Å². The molecule has 35 heavy (non-hydrogen) atoms. The van der Waals surface area contributed by atoms with E-state index in [9.17, 15) is 25.0 Å². The highest BCUT2D eigenvalue weighted by molar-refractivity contribution is 6.33. The molecule has 0 aliphatic rings. The lowest BCUT2D eigenvalue weighted by Crippen LogP contribution is -2.20. The molecule has 11 heteroatoms. The molecule has 176 valence electrons. The SMILES string of the molecule is N#C/C(=C/c1ccc(OCC(=O)Nc2ccccc2Cl)c(Cl)c1)C(=O)Nc1cccc([N+](=O)[O-])c1. The van der Waals surface area contributed by atoms with Gasteiger partial charge in [-0.1, -0.05) is 47.5 Å². The molecular formula is C24H16Cl2N4O5. The van der Waals surface area contributed by atoms with E-state index < -0.39 is 16.7 Å². The Morgan fingerprint density at radius 3 is 2.49 bits per heavy atom. The van der Waals surface area contributed by atoms with Crippen LogP contribution in [0.4, 0.5) is 17.1 Å². The first-order valence-corrected chi connectivity index (χ1v) is 10.7. The Kier molecular flexibility index (Phi) is 8.40. The summed E-state index contributed by atoms with van der Waals surface area (Å²) >= 11 is 12.2. The Morgan fingerprint density at radius 2 is 1.80 bits per heavy atom. The van der Waals surface area contributed by atoms with Gasteiger partial charge in [0, 0.05) is 17.8 Å². The third kappa shape index (κ3) is 7.04. The number of nitrogens with one attached hydrogen (secondary N) is 2. The van der Waals surface area contributed by atoms with Crippen molar-refractivity contribution in [2.75, 3.05) is 17.2 Å².